The third-order valence-electron chi connectivity index (χ3n) is 3.44. The van der Waals surface area contributed by atoms with Crippen LogP contribution in [0.4, 0.5) is 13.2 Å². The van der Waals surface area contributed by atoms with Gasteiger partial charge < -0.3 is 5.32 Å². The summed E-state index contributed by atoms with van der Waals surface area (Å²) >= 11 is 6.08. The van der Waals surface area contributed by atoms with Crippen molar-refractivity contribution in [1.82, 2.24) is 10.0 Å². The molecule has 0 radical (unpaired) electrons. The van der Waals surface area contributed by atoms with Gasteiger partial charge >= 0.3 is 6.18 Å². The maximum atomic E-state index is 13.2. The highest BCUT2D eigenvalue weighted by Gasteiger charge is 2.33. The minimum absolute atomic E-state index is 0. The van der Waals surface area contributed by atoms with E-state index < -0.39 is 21.8 Å². The van der Waals surface area contributed by atoms with Crippen molar-refractivity contribution in [2.75, 3.05) is 20.1 Å². The summed E-state index contributed by atoms with van der Waals surface area (Å²) < 4.78 is 66.1. The van der Waals surface area contributed by atoms with Gasteiger partial charge in [-0.25, -0.2) is 13.1 Å². The first-order chi connectivity index (χ1) is 11.7. The Morgan fingerprint density at radius 3 is 2.27 bits per heavy atom. The number of sulfonamides is 1. The first kappa shape index (κ1) is 22.7. The van der Waals surface area contributed by atoms with Crippen molar-refractivity contribution in [2.45, 2.75) is 11.1 Å². The zero-order chi connectivity index (χ0) is 18.7. The summed E-state index contributed by atoms with van der Waals surface area (Å²) in [6, 6.07) is 8.65. The largest absolute Gasteiger partial charge is 0.417 e. The number of hydrogen-bond donors (Lipinski definition) is 2. The average molecular weight is 429 g/mol. The Balaban J connectivity index is 0.00000338. The van der Waals surface area contributed by atoms with Crippen molar-refractivity contribution in [1.29, 1.82) is 0 Å². The number of rotatable bonds is 6. The predicted octanol–water partition coefficient (Wildman–Crippen LogP) is 3.95. The van der Waals surface area contributed by atoms with Gasteiger partial charge in [-0.15, -0.1) is 12.4 Å². The smallest absolute Gasteiger partial charge is 0.318 e. The van der Waals surface area contributed by atoms with E-state index in [0.717, 1.165) is 12.1 Å². The number of hydrogen-bond acceptors (Lipinski definition) is 3. The highest BCUT2D eigenvalue weighted by Crippen LogP contribution is 2.39. The Kier molecular flexibility index (Phi) is 7.91. The number of nitrogens with one attached hydrogen (secondary N) is 2. The van der Waals surface area contributed by atoms with E-state index in [-0.39, 0.29) is 40.0 Å². The molecule has 0 saturated carbocycles. The summed E-state index contributed by atoms with van der Waals surface area (Å²) in [5.74, 6) is 0. The van der Waals surface area contributed by atoms with Crippen molar-refractivity contribution in [3.63, 3.8) is 0 Å². The van der Waals surface area contributed by atoms with Gasteiger partial charge in [-0.1, -0.05) is 35.9 Å². The van der Waals surface area contributed by atoms with E-state index in [9.17, 15) is 21.6 Å². The molecule has 0 aliphatic rings. The summed E-state index contributed by atoms with van der Waals surface area (Å²) in [4.78, 5) is -0.109. The normalized spacial score (nSPS) is 11.9. The van der Waals surface area contributed by atoms with E-state index in [2.05, 4.69) is 10.0 Å². The van der Waals surface area contributed by atoms with E-state index in [4.69, 9.17) is 11.6 Å². The van der Waals surface area contributed by atoms with Gasteiger partial charge in [-0.05, 0) is 30.8 Å². The second-order valence-corrected chi connectivity index (χ2v) is 7.36. The molecular weight excluding hydrogens is 412 g/mol. The monoisotopic (exact) mass is 428 g/mol. The first-order valence-electron chi connectivity index (χ1n) is 7.27. The van der Waals surface area contributed by atoms with Crippen LogP contribution in [0.2, 0.25) is 5.02 Å². The van der Waals surface area contributed by atoms with Gasteiger partial charge in [0.15, 0.2) is 0 Å². The highest BCUT2D eigenvalue weighted by atomic mass is 35.5. The van der Waals surface area contributed by atoms with Gasteiger partial charge in [0.2, 0.25) is 10.0 Å². The fraction of sp³-hybridized carbons (Fsp3) is 0.250. The molecule has 0 amide bonds. The van der Waals surface area contributed by atoms with Crippen LogP contribution < -0.4 is 10.0 Å². The number of alkyl halides is 3. The van der Waals surface area contributed by atoms with Crippen molar-refractivity contribution in [3.05, 3.63) is 53.1 Å². The number of halogens is 5. The molecule has 144 valence electrons. The minimum Gasteiger partial charge on any atom is -0.318 e. The summed E-state index contributed by atoms with van der Waals surface area (Å²) in [6.07, 6.45) is -4.54. The fourth-order valence-electron chi connectivity index (χ4n) is 2.24. The SMILES string of the molecule is CNCCNS(=O)(=O)c1ccc(-c2ccccc2C(F)(F)F)c(Cl)c1.Cl. The Bertz CT molecular complexity index is 859. The fourth-order valence-corrected chi connectivity index (χ4v) is 3.65. The quantitative estimate of drug-likeness (QED) is 0.684. The summed E-state index contributed by atoms with van der Waals surface area (Å²) in [7, 11) is -2.11. The van der Waals surface area contributed by atoms with Crippen molar-refractivity contribution in [2.24, 2.45) is 0 Å². The van der Waals surface area contributed by atoms with E-state index in [1.807, 2.05) is 0 Å². The van der Waals surface area contributed by atoms with Crippen molar-refractivity contribution >= 4 is 34.0 Å². The Morgan fingerprint density at radius 2 is 1.69 bits per heavy atom. The van der Waals surface area contributed by atoms with Gasteiger partial charge in [0, 0.05) is 23.7 Å². The van der Waals surface area contributed by atoms with Gasteiger partial charge in [0.1, 0.15) is 0 Å². The average Bonchev–Trinajstić information content (AvgIpc) is 2.54. The zero-order valence-corrected chi connectivity index (χ0v) is 16.0. The molecular formula is C16H17Cl2F3N2O2S. The third kappa shape index (κ3) is 5.34. The Labute approximate surface area is 161 Å². The first-order valence-corrected chi connectivity index (χ1v) is 9.13. The van der Waals surface area contributed by atoms with Gasteiger partial charge in [-0.3, -0.25) is 0 Å². The molecule has 0 bridgehead atoms. The third-order valence-corrected chi connectivity index (χ3v) is 5.21. The van der Waals surface area contributed by atoms with Crippen LogP contribution in [0.15, 0.2) is 47.4 Å². The van der Waals surface area contributed by atoms with Crippen LogP contribution in [0.3, 0.4) is 0 Å². The lowest BCUT2D eigenvalue weighted by atomic mass is 9.99. The second-order valence-electron chi connectivity index (χ2n) is 5.19. The number of benzene rings is 2. The van der Waals surface area contributed by atoms with Crippen LogP contribution in [-0.2, 0) is 16.2 Å². The van der Waals surface area contributed by atoms with Crippen LogP contribution in [0.5, 0.6) is 0 Å². The van der Waals surface area contributed by atoms with Crippen LogP contribution in [0.25, 0.3) is 11.1 Å². The summed E-state index contributed by atoms with van der Waals surface area (Å²) in [6.45, 7) is 0.610. The van der Waals surface area contributed by atoms with E-state index in [1.54, 1.807) is 7.05 Å². The molecule has 0 saturated heterocycles. The van der Waals surface area contributed by atoms with Crippen LogP contribution in [0.1, 0.15) is 5.56 Å². The lowest BCUT2D eigenvalue weighted by Gasteiger charge is -2.14. The molecule has 0 aliphatic carbocycles. The van der Waals surface area contributed by atoms with Gasteiger partial charge in [0.25, 0.3) is 0 Å². The van der Waals surface area contributed by atoms with E-state index >= 15 is 0 Å². The molecule has 26 heavy (non-hydrogen) atoms. The lowest BCUT2D eigenvalue weighted by molar-refractivity contribution is -0.137. The summed E-state index contributed by atoms with van der Waals surface area (Å²) in [5, 5.41) is 2.72. The Hall–Kier alpha value is -1.32. The van der Waals surface area contributed by atoms with Crippen LogP contribution in [0, 0.1) is 0 Å². The molecule has 0 atom stereocenters. The van der Waals surface area contributed by atoms with Gasteiger partial charge in [-0.2, -0.15) is 13.2 Å². The Morgan fingerprint density at radius 1 is 1.04 bits per heavy atom. The molecule has 2 N–H and O–H groups in total. The summed E-state index contributed by atoms with van der Waals surface area (Å²) in [5.41, 5.74) is -0.824. The standard InChI is InChI=1S/C16H16ClF3N2O2S.ClH/c1-21-8-9-22-25(23,24)11-6-7-13(15(17)10-11)12-4-2-3-5-14(12)16(18,19)20;/h2-7,10,21-22H,8-9H2,1H3;1H. The van der Waals surface area contributed by atoms with Crippen LogP contribution in [-0.4, -0.2) is 28.6 Å². The maximum Gasteiger partial charge on any atom is 0.417 e. The predicted molar refractivity (Wildman–Crippen MR) is 98.3 cm³/mol. The topological polar surface area (TPSA) is 58.2 Å². The van der Waals surface area contributed by atoms with Crippen LogP contribution >= 0.6 is 24.0 Å². The molecule has 2 aromatic carbocycles. The molecule has 0 aromatic heterocycles. The molecule has 0 heterocycles. The van der Waals surface area contributed by atoms with E-state index in [1.165, 1.54) is 30.3 Å². The molecule has 0 fully saturated rings. The number of likely N-dealkylation sites (N-methyl/N-ethyl adjacent to an activating group) is 1. The lowest BCUT2D eigenvalue weighted by Crippen LogP contribution is -2.30. The van der Waals surface area contributed by atoms with E-state index in [0.29, 0.717) is 6.54 Å². The second kappa shape index (κ2) is 9.05. The molecule has 2 rings (SSSR count). The van der Waals surface area contributed by atoms with Crippen molar-refractivity contribution in [3.8, 4) is 11.1 Å². The maximum absolute atomic E-state index is 13.2. The highest BCUT2D eigenvalue weighted by molar-refractivity contribution is 7.89. The molecule has 2 aromatic rings. The van der Waals surface area contributed by atoms with Gasteiger partial charge in [0.05, 0.1) is 10.5 Å². The minimum atomic E-state index is -4.54. The zero-order valence-electron chi connectivity index (χ0n) is 13.6. The molecule has 0 unspecified atom stereocenters. The molecule has 0 aliphatic heterocycles. The molecule has 10 heteroatoms. The van der Waals surface area contributed by atoms with Crippen molar-refractivity contribution < 1.29 is 21.6 Å². The molecule has 0 spiro atoms. The molecule has 4 nitrogen and oxygen atoms in total.